The Bertz CT molecular complexity index is 3170. The van der Waals surface area contributed by atoms with E-state index in [1.165, 1.54) is 65.5 Å². The number of piperidine rings is 3. The molecule has 508 valence electrons. The van der Waals surface area contributed by atoms with Crippen molar-refractivity contribution in [3.05, 3.63) is 124 Å². The molecule has 0 amide bonds. The molecule has 4 aromatic rings. The fourth-order valence-electron chi connectivity index (χ4n) is 14.2. The van der Waals surface area contributed by atoms with Gasteiger partial charge < -0.3 is 33.7 Å². The van der Waals surface area contributed by atoms with Gasteiger partial charge >= 0.3 is 0 Å². The van der Waals surface area contributed by atoms with E-state index >= 15 is 0 Å². The minimum absolute atomic E-state index is 0.0589. The number of Topliss-reactive ketones (excluding diaryl/α,β-unsaturated/α-hetero) is 1. The van der Waals surface area contributed by atoms with Crippen LogP contribution in [0.15, 0.2) is 118 Å². The van der Waals surface area contributed by atoms with Crippen molar-refractivity contribution in [3.8, 4) is 0 Å². The minimum atomic E-state index is -3.61. The molecule has 7 aliphatic rings. The number of rotatable bonds is 15. The van der Waals surface area contributed by atoms with Gasteiger partial charge in [0.1, 0.15) is 5.78 Å². The zero-order chi connectivity index (χ0) is 66.2. The van der Waals surface area contributed by atoms with E-state index in [4.69, 9.17) is 73.9 Å². The molecule has 6 aliphatic heterocycles. The Labute approximate surface area is 562 Å². The zero-order valence-corrected chi connectivity index (χ0v) is 59.7. The molecule has 6 heterocycles. The lowest BCUT2D eigenvalue weighted by Crippen LogP contribution is -2.57. The lowest BCUT2D eigenvalue weighted by molar-refractivity contribution is -0.209. The van der Waals surface area contributed by atoms with Crippen LogP contribution < -0.4 is 5.32 Å². The fraction of sp³-hybridized carbons (Fsp3) is 0.632. The number of ketones is 1. The predicted octanol–water partition coefficient (Wildman–Crippen LogP) is 15.0. The lowest BCUT2D eigenvalue weighted by atomic mass is 9.65. The highest BCUT2D eigenvalue weighted by Gasteiger charge is 2.52. The van der Waals surface area contributed by atoms with Crippen LogP contribution in [-0.2, 0) is 68.7 Å². The second-order valence-corrected chi connectivity index (χ2v) is 32.3. The first kappa shape index (κ1) is 75.6. The summed E-state index contributed by atoms with van der Waals surface area (Å²) in [6, 6.07) is 29.5. The van der Waals surface area contributed by atoms with Gasteiger partial charge in [0.15, 0.2) is 17.4 Å². The van der Waals surface area contributed by atoms with Gasteiger partial charge in [-0.2, -0.15) is 8.61 Å². The van der Waals surface area contributed by atoms with Crippen molar-refractivity contribution in [2.45, 2.75) is 233 Å². The Morgan fingerprint density at radius 1 is 0.429 bits per heavy atom. The summed E-state index contributed by atoms with van der Waals surface area (Å²) >= 11 is 17.2. The molecule has 1 saturated carbocycles. The van der Waals surface area contributed by atoms with Gasteiger partial charge in [-0.1, -0.05) is 133 Å². The number of ether oxygens (including phenoxy) is 6. The van der Waals surface area contributed by atoms with Crippen molar-refractivity contribution in [1.82, 2.24) is 13.9 Å². The van der Waals surface area contributed by atoms with Crippen molar-refractivity contribution in [2.75, 3.05) is 39.6 Å². The lowest BCUT2D eigenvalue weighted by Gasteiger charge is -2.47. The number of benzene rings is 4. The summed E-state index contributed by atoms with van der Waals surface area (Å²) in [6.07, 6.45) is 14.6. The van der Waals surface area contributed by atoms with Crippen molar-refractivity contribution in [2.24, 2.45) is 17.8 Å². The van der Waals surface area contributed by atoms with Gasteiger partial charge in [0.05, 0.1) is 54.3 Å². The van der Waals surface area contributed by atoms with Crippen LogP contribution in [0.5, 0.6) is 0 Å². The van der Waals surface area contributed by atoms with E-state index in [9.17, 15) is 30.0 Å². The molecule has 1 aliphatic carbocycles. The SMILES string of the molecule is CC[C@@H]1CC(=O)C[C@@H](CC)N1S(=O)(=O)c1ccc(Cl)cc1.CC[C@@H]1CC2(C[C@@H](CC)N1)OCCO2.CC[C@@H]1CC2(C[C@@H](CC)N1S(=O)(=O)c1ccc(Cl)cc1)OCCO2.CC[C@@H]1CC2(C[C@H](CC)C1Cc1ccccc1)OCCO2.O=S(=O)(Cl)c1ccc(Cl)cc1. The summed E-state index contributed by atoms with van der Waals surface area (Å²) in [7, 11) is -5.75. The standard InChI is InChI=1S/C19H28O2.C17H24ClNO4S.C15H20ClNO3S.C11H21NO2.C6H4Cl2O2S/c1-3-16-13-19(20-10-11-21-19)14-17(4-2)18(16)12-15-8-6-5-7-9-15;1-3-14-11-17(22-9-10-23-17)12-15(4-2)19(14)24(20,21)16-7-5-13(18)6-8-16;1-3-12-9-14(18)10-13(4-2)17(12)21(19,20)15-7-5-11(16)6-8-15;1-3-9-7-11(13-5-6-14-11)8-10(4-2)12-9;7-5-1-3-6(4-2-5)11(8,9)10/h5-9,16-18H,3-4,10-14H2,1-2H3;5-8,14-15H,3-4,9-12H2,1-2H3;5-8,12-13H,3-4,9-10H2,1-2H3;9-10,12H,3-8H2,1-2H3;1-4H/t16-,17+,18?;14-,15-;12-,13-;9-,10-;/m.111./s1. The van der Waals surface area contributed by atoms with Gasteiger partial charge in [0, 0.05) is 113 Å². The van der Waals surface area contributed by atoms with Crippen molar-refractivity contribution in [3.63, 3.8) is 0 Å². The Morgan fingerprint density at radius 3 is 1.09 bits per heavy atom. The summed E-state index contributed by atoms with van der Waals surface area (Å²) in [6.45, 7) is 21.2. The van der Waals surface area contributed by atoms with Crippen LogP contribution in [0.1, 0.15) is 164 Å². The van der Waals surface area contributed by atoms with Crippen molar-refractivity contribution in [1.29, 1.82) is 0 Å². The molecule has 1 N–H and O–H groups in total. The number of hydrogen-bond donors (Lipinski definition) is 1. The van der Waals surface area contributed by atoms with E-state index in [2.05, 4.69) is 63.3 Å². The molecular formula is C68H97Cl4N3O13S3. The van der Waals surface area contributed by atoms with E-state index in [0.29, 0.717) is 90.7 Å². The number of hydrogen-bond acceptors (Lipinski definition) is 14. The molecule has 0 aromatic heterocycles. The van der Waals surface area contributed by atoms with Crippen LogP contribution in [0, 0.1) is 17.8 Å². The summed E-state index contributed by atoms with van der Waals surface area (Å²) in [5, 5.41) is 5.15. The monoisotopic (exact) mass is 1400 g/mol. The fourth-order valence-corrected chi connectivity index (χ4v) is 19.3. The Kier molecular flexibility index (Phi) is 28.6. The molecule has 91 heavy (non-hydrogen) atoms. The second-order valence-electron chi connectivity index (χ2n) is 24.8. The smallest absolute Gasteiger partial charge is 0.261 e. The first-order chi connectivity index (χ1) is 43.3. The molecule has 23 heteroatoms. The third-order valence-corrected chi connectivity index (χ3v) is 25.1. The number of carbonyl (C=O) groups excluding carboxylic acids is 1. The largest absolute Gasteiger partial charge is 0.348 e. The van der Waals surface area contributed by atoms with Crippen LogP contribution in [0.4, 0.5) is 0 Å². The summed E-state index contributed by atoms with van der Waals surface area (Å²) in [5.74, 6) is 1.22. The maximum Gasteiger partial charge on any atom is 0.261 e. The molecule has 7 fully saturated rings. The highest BCUT2D eigenvalue weighted by Crippen LogP contribution is 2.49. The quantitative estimate of drug-likeness (QED) is 0.110. The topological polar surface area (TPSA) is 193 Å². The minimum Gasteiger partial charge on any atom is -0.348 e. The molecule has 1 unspecified atom stereocenters. The first-order valence-electron chi connectivity index (χ1n) is 32.8. The van der Waals surface area contributed by atoms with Crippen LogP contribution >= 0.6 is 45.5 Å². The second kappa shape index (κ2) is 34.4. The Hall–Kier alpha value is -2.80. The van der Waals surface area contributed by atoms with Crippen LogP contribution in [0.3, 0.4) is 0 Å². The molecule has 11 rings (SSSR count). The van der Waals surface area contributed by atoms with Gasteiger partial charge in [-0.25, -0.2) is 25.3 Å². The number of carbonyl (C=O) groups is 1. The van der Waals surface area contributed by atoms with Gasteiger partial charge in [-0.3, -0.25) is 4.79 Å². The zero-order valence-electron chi connectivity index (χ0n) is 54.2. The molecule has 3 spiro atoms. The molecule has 4 aromatic carbocycles. The summed E-state index contributed by atoms with van der Waals surface area (Å²) in [5.41, 5.74) is 1.48. The number of nitrogens with zero attached hydrogens (tertiary/aromatic N) is 2. The number of halogens is 4. The first-order valence-corrected chi connectivity index (χ1v) is 39.1. The van der Waals surface area contributed by atoms with Gasteiger partial charge in [-0.15, -0.1) is 0 Å². The normalized spacial score (nSPS) is 27.2. The van der Waals surface area contributed by atoms with E-state index in [-0.39, 0.29) is 56.2 Å². The molecule has 6 saturated heterocycles. The van der Waals surface area contributed by atoms with E-state index < -0.39 is 34.9 Å². The summed E-state index contributed by atoms with van der Waals surface area (Å²) in [4.78, 5) is 12.4. The third kappa shape index (κ3) is 19.9. The predicted molar refractivity (Wildman–Crippen MR) is 360 cm³/mol. The van der Waals surface area contributed by atoms with E-state index in [1.54, 1.807) is 40.7 Å². The molecule has 16 nitrogen and oxygen atoms in total. The van der Waals surface area contributed by atoms with Crippen LogP contribution in [-0.4, -0.2) is 133 Å². The van der Waals surface area contributed by atoms with Crippen molar-refractivity contribution < 1.29 is 58.5 Å². The number of sulfonamides is 2. The third-order valence-electron chi connectivity index (χ3n) is 19.0. The highest BCUT2D eigenvalue weighted by molar-refractivity contribution is 8.13. The maximum atomic E-state index is 13.2. The Balaban J connectivity index is 0.000000165. The van der Waals surface area contributed by atoms with Gasteiger partial charge in [0.2, 0.25) is 20.0 Å². The average Bonchev–Trinajstić information content (AvgIpc) is 1.60. The summed E-state index contributed by atoms with van der Waals surface area (Å²) < 4.78 is 112. The van der Waals surface area contributed by atoms with Gasteiger partial charge in [-0.05, 0) is 141 Å². The maximum absolute atomic E-state index is 13.2. The van der Waals surface area contributed by atoms with Crippen LogP contribution in [0.2, 0.25) is 15.1 Å². The van der Waals surface area contributed by atoms with Crippen LogP contribution in [0.25, 0.3) is 0 Å². The Morgan fingerprint density at radius 2 is 0.758 bits per heavy atom. The molecule has 0 bridgehead atoms. The average molecular weight is 1400 g/mol. The molecular weight excluding hydrogens is 1300 g/mol. The van der Waals surface area contributed by atoms with E-state index in [0.717, 1.165) is 83.7 Å². The molecule has 9 atom stereocenters. The van der Waals surface area contributed by atoms with Crippen molar-refractivity contribution >= 4 is 80.4 Å². The number of nitrogens with one attached hydrogen (secondary N) is 1. The van der Waals surface area contributed by atoms with Gasteiger partial charge in [0.25, 0.3) is 9.05 Å². The highest BCUT2D eigenvalue weighted by atomic mass is 35.7. The van der Waals surface area contributed by atoms with E-state index in [1.807, 2.05) is 27.7 Å². The molecule has 0 radical (unpaired) electrons.